The molecule has 142 valence electrons. The zero-order valence-electron chi connectivity index (χ0n) is 15.9. The monoisotopic (exact) mass is 445 g/mol. The summed E-state index contributed by atoms with van der Waals surface area (Å²) in [7, 11) is 0. The fraction of sp³-hybridized carbons (Fsp3) is 0.333. The molecular weight excluding hydrogens is 422 g/mol. The molecule has 0 atom stereocenters. The number of hydrogen-bond donors (Lipinski definition) is 0. The molecule has 1 amide bonds. The van der Waals surface area contributed by atoms with E-state index in [0.717, 1.165) is 45.0 Å². The van der Waals surface area contributed by atoms with Crippen molar-refractivity contribution in [3.05, 3.63) is 58.1 Å². The lowest BCUT2D eigenvalue weighted by molar-refractivity contribution is 0.0983. The number of aryl methyl sites for hydroxylation is 1. The second-order valence-corrected chi connectivity index (χ2v) is 8.39. The molecule has 27 heavy (non-hydrogen) atoms. The Kier molecular flexibility index (Phi) is 6.63. The summed E-state index contributed by atoms with van der Waals surface area (Å²) in [6.07, 6.45) is 0. The summed E-state index contributed by atoms with van der Waals surface area (Å²) < 4.78 is 2.09. The van der Waals surface area contributed by atoms with Gasteiger partial charge < -0.3 is 4.90 Å². The van der Waals surface area contributed by atoms with Crippen LogP contribution in [0, 0.1) is 6.92 Å². The van der Waals surface area contributed by atoms with Gasteiger partial charge in [0.2, 0.25) is 0 Å². The summed E-state index contributed by atoms with van der Waals surface area (Å²) in [5.74, 6) is 0.00368. The van der Waals surface area contributed by atoms with Crippen LogP contribution in [-0.4, -0.2) is 42.0 Å². The average Bonchev–Trinajstić information content (AvgIpc) is 3.07. The Morgan fingerprint density at radius 3 is 2.59 bits per heavy atom. The maximum absolute atomic E-state index is 13.3. The molecule has 3 rings (SSSR count). The van der Waals surface area contributed by atoms with Crippen LogP contribution in [0.2, 0.25) is 0 Å². The van der Waals surface area contributed by atoms with Crippen LogP contribution in [0.4, 0.5) is 5.13 Å². The van der Waals surface area contributed by atoms with Crippen LogP contribution in [0.25, 0.3) is 10.2 Å². The van der Waals surface area contributed by atoms with Crippen LogP contribution >= 0.6 is 27.3 Å². The zero-order chi connectivity index (χ0) is 19.4. The number of rotatable bonds is 7. The van der Waals surface area contributed by atoms with Crippen LogP contribution in [-0.2, 0) is 0 Å². The predicted molar refractivity (Wildman–Crippen MR) is 118 cm³/mol. The van der Waals surface area contributed by atoms with Crippen molar-refractivity contribution in [2.24, 2.45) is 0 Å². The van der Waals surface area contributed by atoms with Gasteiger partial charge in [0.05, 0.1) is 10.2 Å². The molecule has 0 saturated carbocycles. The van der Waals surface area contributed by atoms with Gasteiger partial charge in [0.25, 0.3) is 5.91 Å². The standard InChI is InChI=1S/C21H24BrN3OS/c1-4-24(5-2)11-12-25(20(26)16-8-6-7-15(3)13-16)21-23-18-10-9-17(22)14-19(18)27-21/h6-10,13-14H,4-5,11-12H2,1-3H3. The average molecular weight is 446 g/mol. The number of carbonyl (C=O) groups excluding carboxylic acids is 1. The fourth-order valence-corrected chi connectivity index (χ4v) is 4.54. The second-order valence-electron chi connectivity index (χ2n) is 6.46. The third-order valence-electron chi connectivity index (χ3n) is 4.61. The van der Waals surface area contributed by atoms with E-state index in [1.807, 2.05) is 48.2 Å². The number of benzene rings is 2. The van der Waals surface area contributed by atoms with Gasteiger partial charge in [-0.2, -0.15) is 0 Å². The number of anilines is 1. The van der Waals surface area contributed by atoms with Gasteiger partial charge in [-0.15, -0.1) is 0 Å². The Hall–Kier alpha value is -1.76. The maximum atomic E-state index is 13.3. The van der Waals surface area contributed by atoms with E-state index in [0.29, 0.717) is 12.1 Å². The molecule has 0 aliphatic heterocycles. The van der Waals surface area contributed by atoms with Crippen molar-refractivity contribution >= 4 is 48.5 Å². The van der Waals surface area contributed by atoms with Crippen LogP contribution in [0.1, 0.15) is 29.8 Å². The van der Waals surface area contributed by atoms with E-state index in [2.05, 4.69) is 40.7 Å². The number of aromatic nitrogens is 1. The number of halogens is 1. The molecule has 0 unspecified atom stereocenters. The maximum Gasteiger partial charge on any atom is 0.260 e. The molecule has 4 nitrogen and oxygen atoms in total. The topological polar surface area (TPSA) is 36.4 Å². The number of hydrogen-bond acceptors (Lipinski definition) is 4. The summed E-state index contributed by atoms with van der Waals surface area (Å²) in [6, 6.07) is 13.8. The highest BCUT2D eigenvalue weighted by atomic mass is 79.9. The van der Waals surface area contributed by atoms with Gasteiger partial charge >= 0.3 is 0 Å². The van der Waals surface area contributed by atoms with Crippen LogP contribution in [0.5, 0.6) is 0 Å². The number of thiazole rings is 1. The third-order valence-corrected chi connectivity index (χ3v) is 6.15. The van der Waals surface area contributed by atoms with Gasteiger partial charge in [-0.3, -0.25) is 9.69 Å². The zero-order valence-corrected chi connectivity index (χ0v) is 18.3. The molecule has 2 aromatic carbocycles. The van der Waals surface area contributed by atoms with E-state index in [9.17, 15) is 4.79 Å². The Balaban J connectivity index is 1.96. The minimum atomic E-state index is 0.00368. The largest absolute Gasteiger partial charge is 0.302 e. The smallest absolute Gasteiger partial charge is 0.260 e. The highest BCUT2D eigenvalue weighted by Gasteiger charge is 2.22. The molecule has 6 heteroatoms. The van der Waals surface area contributed by atoms with E-state index in [1.165, 1.54) is 0 Å². The van der Waals surface area contributed by atoms with E-state index in [1.54, 1.807) is 11.3 Å². The minimum absolute atomic E-state index is 0.00368. The van der Waals surface area contributed by atoms with E-state index in [-0.39, 0.29) is 5.91 Å². The molecule has 0 N–H and O–H groups in total. The first kappa shape index (κ1) is 20.0. The lowest BCUT2D eigenvalue weighted by Crippen LogP contribution is -2.38. The van der Waals surface area contributed by atoms with Gasteiger partial charge in [-0.25, -0.2) is 4.98 Å². The molecule has 0 aliphatic rings. The Morgan fingerprint density at radius 1 is 1.11 bits per heavy atom. The normalized spacial score (nSPS) is 11.3. The molecule has 0 saturated heterocycles. The first-order valence-corrected chi connectivity index (χ1v) is 10.8. The molecule has 0 radical (unpaired) electrons. The van der Waals surface area contributed by atoms with E-state index in [4.69, 9.17) is 4.98 Å². The second kappa shape index (κ2) is 8.95. The van der Waals surface area contributed by atoms with Crippen LogP contribution < -0.4 is 4.90 Å². The molecule has 1 aromatic heterocycles. The molecule has 1 heterocycles. The van der Waals surface area contributed by atoms with Crippen molar-refractivity contribution in [3.63, 3.8) is 0 Å². The van der Waals surface area contributed by atoms with Crippen molar-refractivity contribution < 1.29 is 4.79 Å². The highest BCUT2D eigenvalue weighted by molar-refractivity contribution is 9.10. The number of carbonyl (C=O) groups is 1. The van der Waals surface area contributed by atoms with Gasteiger partial charge in [-0.05, 0) is 50.3 Å². The molecule has 0 spiro atoms. The van der Waals surface area contributed by atoms with Gasteiger partial charge in [0.1, 0.15) is 0 Å². The molecule has 0 aliphatic carbocycles. The lowest BCUT2D eigenvalue weighted by Gasteiger charge is -2.24. The van der Waals surface area contributed by atoms with Crippen molar-refractivity contribution in [2.75, 3.05) is 31.1 Å². The van der Waals surface area contributed by atoms with E-state index < -0.39 is 0 Å². The van der Waals surface area contributed by atoms with Crippen molar-refractivity contribution in [1.82, 2.24) is 9.88 Å². The van der Waals surface area contributed by atoms with Crippen LogP contribution in [0.3, 0.4) is 0 Å². The molecule has 0 fully saturated rings. The molecular formula is C21H24BrN3OS. The van der Waals surface area contributed by atoms with Gasteiger partial charge in [0.15, 0.2) is 5.13 Å². The molecule has 0 bridgehead atoms. The summed E-state index contributed by atoms with van der Waals surface area (Å²) >= 11 is 5.07. The van der Waals surface area contributed by atoms with Gasteiger partial charge in [-0.1, -0.05) is 58.8 Å². The fourth-order valence-electron chi connectivity index (χ4n) is 3.00. The Bertz CT molecular complexity index is 936. The number of likely N-dealkylation sites (N-methyl/N-ethyl adjacent to an activating group) is 1. The molecule has 3 aromatic rings. The minimum Gasteiger partial charge on any atom is -0.302 e. The SMILES string of the molecule is CCN(CC)CCN(C(=O)c1cccc(C)c1)c1nc2ccc(Br)cc2s1. The highest BCUT2D eigenvalue weighted by Crippen LogP contribution is 2.31. The number of amides is 1. The number of nitrogens with zero attached hydrogens (tertiary/aromatic N) is 3. The van der Waals surface area contributed by atoms with Gasteiger partial charge in [0, 0.05) is 23.1 Å². The summed E-state index contributed by atoms with van der Waals surface area (Å²) in [4.78, 5) is 22.2. The Labute approximate surface area is 172 Å². The van der Waals surface area contributed by atoms with Crippen molar-refractivity contribution in [2.45, 2.75) is 20.8 Å². The summed E-state index contributed by atoms with van der Waals surface area (Å²) in [5.41, 5.74) is 2.70. The first-order valence-electron chi connectivity index (χ1n) is 9.18. The number of fused-ring (bicyclic) bond motifs is 1. The predicted octanol–water partition coefficient (Wildman–Crippen LogP) is 5.36. The van der Waals surface area contributed by atoms with Crippen LogP contribution in [0.15, 0.2) is 46.9 Å². The third kappa shape index (κ3) is 4.75. The van der Waals surface area contributed by atoms with Crippen molar-refractivity contribution in [3.8, 4) is 0 Å². The van der Waals surface area contributed by atoms with E-state index >= 15 is 0 Å². The summed E-state index contributed by atoms with van der Waals surface area (Å²) in [6.45, 7) is 9.67. The van der Waals surface area contributed by atoms with Crippen molar-refractivity contribution in [1.29, 1.82) is 0 Å². The Morgan fingerprint density at radius 2 is 1.89 bits per heavy atom. The first-order chi connectivity index (χ1) is 13.0. The lowest BCUT2D eigenvalue weighted by atomic mass is 10.1. The quantitative estimate of drug-likeness (QED) is 0.491. The summed E-state index contributed by atoms with van der Waals surface area (Å²) in [5, 5.41) is 0.752.